The zero-order valence-electron chi connectivity index (χ0n) is 11.2. The molecule has 1 amide bonds. The smallest absolute Gasteiger partial charge is 0.407 e. The Morgan fingerprint density at radius 3 is 2.68 bits per heavy atom. The minimum Gasteiger partial charge on any atom is -0.445 e. The van der Waals surface area contributed by atoms with Crippen LogP contribution in [-0.4, -0.2) is 12.1 Å². The molecule has 1 N–H and O–H groups in total. The van der Waals surface area contributed by atoms with E-state index in [0.29, 0.717) is 18.1 Å². The quantitative estimate of drug-likeness (QED) is 0.900. The van der Waals surface area contributed by atoms with Gasteiger partial charge in [-0.2, -0.15) is 0 Å². The lowest BCUT2D eigenvalue weighted by Crippen LogP contribution is -2.31. The van der Waals surface area contributed by atoms with Crippen LogP contribution in [0.25, 0.3) is 0 Å². The van der Waals surface area contributed by atoms with E-state index in [0.717, 1.165) is 12.0 Å². The molecule has 2 saturated carbocycles. The Hall–Kier alpha value is -1.51. The third kappa shape index (κ3) is 2.91. The Kier molecular flexibility index (Phi) is 3.45. The molecule has 3 heteroatoms. The highest BCUT2D eigenvalue weighted by Crippen LogP contribution is 2.56. The van der Waals surface area contributed by atoms with Gasteiger partial charge in [-0.15, -0.1) is 0 Å². The predicted molar refractivity (Wildman–Crippen MR) is 73.7 cm³/mol. The van der Waals surface area contributed by atoms with E-state index >= 15 is 0 Å². The number of rotatable bonds is 3. The molecule has 3 nitrogen and oxygen atoms in total. The van der Waals surface area contributed by atoms with Crippen LogP contribution in [0.2, 0.25) is 0 Å². The molecule has 0 aliphatic heterocycles. The summed E-state index contributed by atoms with van der Waals surface area (Å²) in [5.41, 5.74) is 1.45. The van der Waals surface area contributed by atoms with E-state index in [1.807, 2.05) is 30.3 Å². The Morgan fingerprint density at radius 1 is 1.21 bits per heavy atom. The van der Waals surface area contributed by atoms with Gasteiger partial charge in [0.2, 0.25) is 0 Å². The number of carbonyl (C=O) groups excluding carboxylic acids is 1. The standard InChI is InChI=1S/C16H21NO2/c18-15(19-12-13-7-3-1-4-8-13)17-14-11-16(14)9-5-2-6-10-16/h1,3-4,7-8,14H,2,5-6,9-12H2,(H,17,18). The van der Waals surface area contributed by atoms with Gasteiger partial charge >= 0.3 is 6.09 Å². The van der Waals surface area contributed by atoms with Crippen molar-refractivity contribution in [1.29, 1.82) is 0 Å². The lowest BCUT2D eigenvalue weighted by atomic mass is 9.86. The summed E-state index contributed by atoms with van der Waals surface area (Å²) in [6, 6.07) is 10.2. The molecule has 0 radical (unpaired) electrons. The van der Waals surface area contributed by atoms with Crippen molar-refractivity contribution in [3.05, 3.63) is 35.9 Å². The van der Waals surface area contributed by atoms with E-state index in [4.69, 9.17) is 4.74 Å². The molecule has 1 spiro atoms. The molecule has 19 heavy (non-hydrogen) atoms. The van der Waals surface area contributed by atoms with E-state index in [9.17, 15) is 4.79 Å². The largest absolute Gasteiger partial charge is 0.445 e. The first-order valence-corrected chi connectivity index (χ1v) is 7.26. The van der Waals surface area contributed by atoms with Crippen LogP contribution in [0.5, 0.6) is 0 Å². The SMILES string of the molecule is O=C(NC1CC12CCCCC2)OCc1ccccc1. The average Bonchev–Trinajstić information content (AvgIpc) is 3.10. The highest BCUT2D eigenvalue weighted by molar-refractivity contribution is 5.68. The van der Waals surface area contributed by atoms with Crippen LogP contribution in [0.4, 0.5) is 4.79 Å². The summed E-state index contributed by atoms with van der Waals surface area (Å²) in [6.07, 6.45) is 7.42. The third-order valence-electron chi connectivity index (χ3n) is 4.54. The van der Waals surface area contributed by atoms with E-state index < -0.39 is 0 Å². The van der Waals surface area contributed by atoms with Gasteiger partial charge in [-0.3, -0.25) is 0 Å². The molecule has 1 atom stereocenters. The maximum atomic E-state index is 11.8. The summed E-state index contributed by atoms with van der Waals surface area (Å²) >= 11 is 0. The molecule has 1 aromatic carbocycles. The number of hydrogen-bond acceptors (Lipinski definition) is 2. The van der Waals surface area contributed by atoms with Gasteiger partial charge < -0.3 is 10.1 Å². The molecule has 0 saturated heterocycles. The van der Waals surface area contributed by atoms with Gasteiger partial charge in [0.1, 0.15) is 6.61 Å². The maximum absolute atomic E-state index is 11.8. The number of ether oxygens (including phenoxy) is 1. The highest BCUT2D eigenvalue weighted by atomic mass is 16.5. The first-order valence-electron chi connectivity index (χ1n) is 7.26. The van der Waals surface area contributed by atoms with E-state index in [1.54, 1.807) is 0 Å². The van der Waals surface area contributed by atoms with E-state index in [2.05, 4.69) is 5.32 Å². The van der Waals surface area contributed by atoms with Crippen molar-refractivity contribution in [3.63, 3.8) is 0 Å². The normalized spacial score (nSPS) is 23.9. The maximum Gasteiger partial charge on any atom is 0.407 e. The molecular weight excluding hydrogens is 238 g/mol. The molecule has 0 bridgehead atoms. The van der Waals surface area contributed by atoms with Crippen LogP contribution in [0, 0.1) is 5.41 Å². The van der Waals surface area contributed by atoms with Gasteiger partial charge in [-0.1, -0.05) is 49.6 Å². The monoisotopic (exact) mass is 259 g/mol. The van der Waals surface area contributed by atoms with Crippen molar-refractivity contribution < 1.29 is 9.53 Å². The zero-order chi connectivity index (χ0) is 13.1. The van der Waals surface area contributed by atoms with Crippen LogP contribution >= 0.6 is 0 Å². The molecule has 2 aliphatic rings. The number of carbonyl (C=O) groups is 1. The summed E-state index contributed by atoms with van der Waals surface area (Å²) < 4.78 is 5.26. The van der Waals surface area contributed by atoms with Gasteiger partial charge in [-0.25, -0.2) is 4.79 Å². The van der Waals surface area contributed by atoms with Crippen molar-refractivity contribution in [2.24, 2.45) is 5.41 Å². The first kappa shape index (κ1) is 12.5. The van der Waals surface area contributed by atoms with Gasteiger partial charge in [0.15, 0.2) is 0 Å². The Labute approximate surface area is 114 Å². The molecule has 1 unspecified atom stereocenters. The van der Waals surface area contributed by atoms with Crippen LogP contribution in [0.1, 0.15) is 44.1 Å². The number of benzene rings is 1. The summed E-state index contributed by atoms with van der Waals surface area (Å²) in [6.45, 7) is 0.354. The van der Waals surface area contributed by atoms with Crippen LogP contribution in [-0.2, 0) is 11.3 Å². The van der Waals surface area contributed by atoms with Crippen molar-refractivity contribution >= 4 is 6.09 Å². The van der Waals surface area contributed by atoms with Crippen LogP contribution < -0.4 is 5.32 Å². The molecule has 2 aliphatic carbocycles. The third-order valence-corrected chi connectivity index (χ3v) is 4.54. The minimum atomic E-state index is -0.267. The lowest BCUT2D eigenvalue weighted by Gasteiger charge is -2.22. The number of alkyl carbamates (subject to hydrolysis) is 1. The number of hydrogen-bond donors (Lipinski definition) is 1. The highest BCUT2D eigenvalue weighted by Gasteiger charge is 2.54. The van der Waals surface area contributed by atoms with Crippen molar-refractivity contribution in [1.82, 2.24) is 5.32 Å². The fourth-order valence-electron chi connectivity index (χ4n) is 3.27. The molecule has 0 aromatic heterocycles. The van der Waals surface area contributed by atoms with Gasteiger partial charge in [0, 0.05) is 6.04 Å². The Morgan fingerprint density at radius 2 is 1.95 bits per heavy atom. The van der Waals surface area contributed by atoms with Crippen molar-refractivity contribution in [3.8, 4) is 0 Å². The van der Waals surface area contributed by atoms with Gasteiger partial charge in [0.25, 0.3) is 0 Å². The molecule has 102 valence electrons. The second kappa shape index (κ2) is 5.24. The molecule has 1 aromatic rings. The molecule has 0 heterocycles. The summed E-state index contributed by atoms with van der Waals surface area (Å²) in [7, 11) is 0. The van der Waals surface area contributed by atoms with Crippen molar-refractivity contribution in [2.75, 3.05) is 0 Å². The second-order valence-corrected chi connectivity index (χ2v) is 5.89. The van der Waals surface area contributed by atoms with Gasteiger partial charge in [-0.05, 0) is 30.2 Å². The molecule has 3 rings (SSSR count). The second-order valence-electron chi connectivity index (χ2n) is 5.89. The van der Waals surface area contributed by atoms with Gasteiger partial charge in [0.05, 0.1) is 0 Å². The Bertz CT molecular complexity index is 437. The fourth-order valence-corrected chi connectivity index (χ4v) is 3.27. The molecule has 2 fully saturated rings. The zero-order valence-corrected chi connectivity index (χ0v) is 11.2. The fraction of sp³-hybridized carbons (Fsp3) is 0.562. The summed E-state index contributed by atoms with van der Waals surface area (Å²) in [5, 5.41) is 3.02. The van der Waals surface area contributed by atoms with Crippen LogP contribution in [0.3, 0.4) is 0 Å². The first-order chi connectivity index (χ1) is 9.28. The number of amides is 1. The van der Waals surface area contributed by atoms with E-state index in [-0.39, 0.29) is 6.09 Å². The Balaban J connectivity index is 1.43. The molecular formula is C16H21NO2. The number of nitrogens with one attached hydrogen (secondary N) is 1. The lowest BCUT2D eigenvalue weighted by molar-refractivity contribution is 0.136. The average molecular weight is 259 g/mol. The van der Waals surface area contributed by atoms with Crippen molar-refractivity contribution in [2.45, 2.75) is 51.2 Å². The predicted octanol–water partition coefficient (Wildman–Crippen LogP) is 3.64. The van der Waals surface area contributed by atoms with E-state index in [1.165, 1.54) is 32.1 Å². The summed E-state index contributed by atoms with van der Waals surface area (Å²) in [4.78, 5) is 11.8. The van der Waals surface area contributed by atoms with Crippen LogP contribution in [0.15, 0.2) is 30.3 Å². The summed E-state index contributed by atoms with van der Waals surface area (Å²) in [5.74, 6) is 0. The minimum absolute atomic E-state index is 0.267. The topological polar surface area (TPSA) is 38.3 Å².